The first-order chi connectivity index (χ1) is 17.8. The number of rotatable bonds is 12. The Labute approximate surface area is 233 Å². The third-order valence-electron chi connectivity index (χ3n) is 6.14. The Morgan fingerprint density at radius 2 is 1.65 bits per heavy atom. The van der Waals surface area contributed by atoms with Crippen molar-refractivity contribution in [3.05, 3.63) is 98.5 Å². The number of unbranched alkanes of at least 4 members (excludes halogenated alkanes) is 1. The van der Waals surface area contributed by atoms with Crippen LogP contribution in [0.4, 0.5) is 0 Å². The maximum atomic E-state index is 13.7. The predicted octanol–water partition coefficient (Wildman–Crippen LogP) is 6.65. The number of amides is 2. The van der Waals surface area contributed by atoms with Crippen molar-refractivity contribution in [2.45, 2.75) is 52.6 Å². The minimum atomic E-state index is -0.695. The van der Waals surface area contributed by atoms with Crippen molar-refractivity contribution in [2.24, 2.45) is 0 Å². The van der Waals surface area contributed by atoms with Gasteiger partial charge in [-0.3, -0.25) is 9.59 Å². The molecule has 37 heavy (non-hydrogen) atoms. The molecular formula is C30H34BrClN2O3. The van der Waals surface area contributed by atoms with Crippen LogP contribution in [0.1, 0.15) is 42.0 Å². The highest BCUT2D eigenvalue weighted by Gasteiger charge is 2.30. The van der Waals surface area contributed by atoms with E-state index in [9.17, 15) is 9.59 Å². The third-order valence-corrected chi connectivity index (χ3v) is 7.64. The van der Waals surface area contributed by atoms with Crippen molar-refractivity contribution in [2.75, 3.05) is 13.2 Å². The molecule has 5 nitrogen and oxygen atoms in total. The zero-order valence-corrected chi connectivity index (χ0v) is 23.9. The molecule has 3 aromatic rings. The fourth-order valence-corrected chi connectivity index (χ4v) is 4.42. The molecule has 0 saturated carbocycles. The molecule has 0 fully saturated rings. The quantitative estimate of drug-likeness (QED) is 0.242. The average Bonchev–Trinajstić information content (AvgIpc) is 2.89. The molecule has 0 spiro atoms. The molecule has 0 aromatic heterocycles. The molecule has 0 aliphatic carbocycles. The average molecular weight is 586 g/mol. The Balaban J connectivity index is 1.89. The van der Waals surface area contributed by atoms with Crippen molar-refractivity contribution >= 4 is 39.3 Å². The molecular weight excluding hydrogens is 552 g/mol. The first-order valence-corrected chi connectivity index (χ1v) is 13.7. The van der Waals surface area contributed by atoms with Gasteiger partial charge in [0, 0.05) is 29.0 Å². The third kappa shape index (κ3) is 8.61. The second kappa shape index (κ2) is 14.2. The van der Waals surface area contributed by atoms with Crippen LogP contribution in [0.25, 0.3) is 0 Å². The van der Waals surface area contributed by atoms with Crippen LogP contribution in [0.3, 0.4) is 0 Å². The summed E-state index contributed by atoms with van der Waals surface area (Å²) in [6, 6.07) is 20.2. The molecule has 0 unspecified atom stereocenters. The summed E-state index contributed by atoms with van der Waals surface area (Å²) in [7, 11) is 0. The van der Waals surface area contributed by atoms with E-state index in [4.69, 9.17) is 16.3 Å². The first kappa shape index (κ1) is 28.7. The molecule has 0 radical (unpaired) electrons. The Kier molecular flexibility index (Phi) is 11.0. The number of aryl methyl sites for hydroxylation is 2. The molecule has 1 N–H and O–H groups in total. The van der Waals surface area contributed by atoms with Gasteiger partial charge in [0.2, 0.25) is 5.91 Å². The molecule has 3 aromatic carbocycles. The maximum Gasteiger partial charge on any atom is 0.261 e. The summed E-state index contributed by atoms with van der Waals surface area (Å²) in [4.78, 5) is 28.7. The fourth-order valence-electron chi connectivity index (χ4n) is 4.06. The van der Waals surface area contributed by atoms with Crippen molar-refractivity contribution in [3.63, 3.8) is 0 Å². The number of nitrogens with zero attached hydrogens (tertiary/aromatic N) is 1. The summed E-state index contributed by atoms with van der Waals surface area (Å²) in [6.45, 7) is 6.69. The van der Waals surface area contributed by atoms with Crippen molar-refractivity contribution in [1.82, 2.24) is 10.2 Å². The van der Waals surface area contributed by atoms with Crippen molar-refractivity contribution in [1.29, 1.82) is 0 Å². The molecule has 0 aliphatic rings. The molecule has 3 rings (SSSR count). The van der Waals surface area contributed by atoms with Gasteiger partial charge in [-0.2, -0.15) is 0 Å². The fraction of sp³-hybridized carbons (Fsp3) is 0.333. The molecule has 7 heteroatoms. The highest BCUT2D eigenvalue weighted by Crippen LogP contribution is 2.26. The summed E-state index contributed by atoms with van der Waals surface area (Å²) >= 11 is 9.65. The number of halogens is 2. The molecule has 2 amide bonds. The predicted molar refractivity (Wildman–Crippen MR) is 153 cm³/mol. The van der Waals surface area contributed by atoms with Crippen LogP contribution in [0, 0.1) is 13.8 Å². The number of nitrogens with one attached hydrogen (secondary N) is 1. The SMILES string of the molecule is CCCCNC(=O)[C@@H](Cc1ccccc1)N(Cc1ccc(Cl)cc1)C(=O)COc1cc(C)c(Br)c(C)c1. The first-order valence-electron chi connectivity index (χ1n) is 12.5. The lowest BCUT2D eigenvalue weighted by Crippen LogP contribution is -2.51. The number of ether oxygens (including phenoxy) is 1. The zero-order chi connectivity index (χ0) is 26.8. The minimum absolute atomic E-state index is 0.171. The minimum Gasteiger partial charge on any atom is -0.484 e. The summed E-state index contributed by atoms with van der Waals surface area (Å²) < 4.78 is 6.95. The lowest BCUT2D eigenvalue weighted by Gasteiger charge is -2.31. The van der Waals surface area contributed by atoms with Crippen LogP contribution in [0.2, 0.25) is 5.02 Å². The second-order valence-corrected chi connectivity index (χ2v) is 10.4. The Bertz CT molecular complexity index is 1160. The lowest BCUT2D eigenvalue weighted by atomic mass is 10.0. The maximum absolute atomic E-state index is 13.7. The van der Waals surface area contributed by atoms with E-state index < -0.39 is 6.04 Å². The number of hydrogen-bond acceptors (Lipinski definition) is 3. The van der Waals surface area contributed by atoms with Gasteiger partial charge in [0.25, 0.3) is 5.91 Å². The summed E-state index contributed by atoms with van der Waals surface area (Å²) in [5.74, 6) is 0.180. The van der Waals surface area contributed by atoms with Gasteiger partial charge in [-0.1, -0.05) is 83.3 Å². The lowest BCUT2D eigenvalue weighted by molar-refractivity contribution is -0.142. The molecule has 0 saturated heterocycles. The zero-order valence-electron chi connectivity index (χ0n) is 21.6. The van der Waals surface area contributed by atoms with E-state index in [0.717, 1.165) is 39.6 Å². The second-order valence-electron chi connectivity index (χ2n) is 9.16. The Morgan fingerprint density at radius 1 is 1.00 bits per heavy atom. The van der Waals surface area contributed by atoms with Gasteiger partial charge >= 0.3 is 0 Å². The van der Waals surface area contributed by atoms with Gasteiger partial charge in [-0.05, 0) is 66.8 Å². The summed E-state index contributed by atoms with van der Waals surface area (Å²) in [5, 5.41) is 3.64. The van der Waals surface area contributed by atoms with Crippen LogP contribution in [0.15, 0.2) is 71.2 Å². The Morgan fingerprint density at radius 3 is 2.27 bits per heavy atom. The van der Waals surface area contributed by atoms with Crippen LogP contribution in [-0.4, -0.2) is 35.9 Å². The van der Waals surface area contributed by atoms with Crippen molar-refractivity contribution in [3.8, 4) is 5.75 Å². The van der Waals surface area contributed by atoms with Crippen LogP contribution < -0.4 is 10.1 Å². The Hall–Kier alpha value is -2.83. The summed E-state index contributed by atoms with van der Waals surface area (Å²) in [6.07, 6.45) is 2.24. The summed E-state index contributed by atoms with van der Waals surface area (Å²) in [5.41, 5.74) is 3.91. The number of hydrogen-bond donors (Lipinski definition) is 1. The van der Waals surface area contributed by atoms with Gasteiger partial charge in [0.15, 0.2) is 6.61 Å². The smallest absolute Gasteiger partial charge is 0.261 e. The largest absolute Gasteiger partial charge is 0.484 e. The van der Waals surface area contributed by atoms with Crippen LogP contribution in [-0.2, 0) is 22.6 Å². The van der Waals surface area contributed by atoms with E-state index in [0.29, 0.717) is 23.7 Å². The number of benzene rings is 3. The van der Waals surface area contributed by atoms with E-state index in [1.165, 1.54) is 0 Å². The molecule has 1 atom stereocenters. The van der Waals surface area contributed by atoms with Crippen LogP contribution in [0.5, 0.6) is 5.75 Å². The van der Waals surface area contributed by atoms with Crippen LogP contribution >= 0.6 is 27.5 Å². The van der Waals surface area contributed by atoms with E-state index in [1.807, 2.05) is 68.4 Å². The monoisotopic (exact) mass is 584 g/mol. The van der Waals surface area contributed by atoms with E-state index in [-0.39, 0.29) is 25.0 Å². The van der Waals surface area contributed by atoms with Gasteiger partial charge in [-0.15, -0.1) is 0 Å². The highest BCUT2D eigenvalue weighted by molar-refractivity contribution is 9.10. The standard InChI is InChI=1S/C30H34BrClN2O3/c1-4-5-15-33-30(36)27(18-23-9-7-6-8-10-23)34(19-24-11-13-25(32)14-12-24)28(35)20-37-26-16-21(2)29(31)22(3)17-26/h6-14,16-17,27H,4-5,15,18-20H2,1-3H3,(H,33,36)/t27-/m1/s1. The number of carbonyl (C=O) groups is 2. The van der Waals surface area contributed by atoms with E-state index in [2.05, 4.69) is 28.2 Å². The van der Waals surface area contributed by atoms with Crippen molar-refractivity contribution < 1.29 is 14.3 Å². The van der Waals surface area contributed by atoms with Gasteiger partial charge in [0.1, 0.15) is 11.8 Å². The molecule has 0 heterocycles. The van der Waals surface area contributed by atoms with Gasteiger partial charge in [0.05, 0.1) is 0 Å². The molecule has 0 bridgehead atoms. The van der Waals surface area contributed by atoms with E-state index in [1.54, 1.807) is 17.0 Å². The topological polar surface area (TPSA) is 58.6 Å². The normalized spacial score (nSPS) is 11.6. The number of carbonyl (C=O) groups excluding carboxylic acids is 2. The highest BCUT2D eigenvalue weighted by atomic mass is 79.9. The van der Waals surface area contributed by atoms with Gasteiger partial charge < -0.3 is 15.0 Å². The molecule has 196 valence electrons. The molecule has 0 aliphatic heterocycles. The van der Waals surface area contributed by atoms with Gasteiger partial charge in [-0.25, -0.2) is 0 Å². The van der Waals surface area contributed by atoms with E-state index >= 15 is 0 Å².